The van der Waals surface area contributed by atoms with E-state index in [9.17, 15) is 5.11 Å². The van der Waals surface area contributed by atoms with Gasteiger partial charge in [0.2, 0.25) is 0 Å². The Bertz CT molecular complexity index is 360. The number of hydrogen-bond donors (Lipinski definition) is 1. The van der Waals surface area contributed by atoms with Gasteiger partial charge in [0.1, 0.15) is 11.4 Å². The van der Waals surface area contributed by atoms with Gasteiger partial charge in [0, 0.05) is 11.4 Å². The highest BCUT2D eigenvalue weighted by molar-refractivity contribution is 6.30. The first-order chi connectivity index (χ1) is 6.49. The van der Waals surface area contributed by atoms with Gasteiger partial charge in [0.05, 0.1) is 6.10 Å². The molecule has 2 rings (SSSR count). The van der Waals surface area contributed by atoms with Crippen molar-refractivity contribution in [2.75, 3.05) is 0 Å². The number of ether oxygens (including phenoxy) is 1. The standard InChI is InChI=1S/C11H13ClO2/c1-11(2)10(13)6-7-5-8(12)3-4-9(7)14-11/h3-5,10,13H,6H2,1-2H3. The highest BCUT2D eigenvalue weighted by Gasteiger charge is 2.35. The van der Waals surface area contributed by atoms with Gasteiger partial charge >= 0.3 is 0 Å². The van der Waals surface area contributed by atoms with Crippen LogP contribution < -0.4 is 4.74 Å². The lowest BCUT2D eigenvalue weighted by Crippen LogP contribution is -2.46. The van der Waals surface area contributed by atoms with E-state index < -0.39 is 11.7 Å². The molecule has 3 heteroatoms. The van der Waals surface area contributed by atoms with Crippen LogP contribution in [0.4, 0.5) is 0 Å². The largest absolute Gasteiger partial charge is 0.485 e. The summed E-state index contributed by atoms with van der Waals surface area (Å²) < 4.78 is 5.68. The zero-order valence-corrected chi connectivity index (χ0v) is 9.01. The van der Waals surface area contributed by atoms with Crippen molar-refractivity contribution in [3.8, 4) is 5.75 Å². The number of aliphatic hydroxyl groups is 1. The first-order valence-electron chi connectivity index (χ1n) is 4.64. The molecular weight excluding hydrogens is 200 g/mol. The third kappa shape index (κ3) is 1.60. The fraction of sp³-hybridized carbons (Fsp3) is 0.455. The Labute approximate surface area is 88.5 Å². The maximum Gasteiger partial charge on any atom is 0.129 e. The van der Waals surface area contributed by atoms with Gasteiger partial charge in [-0.3, -0.25) is 0 Å². The summed E-state index contributed by atoms with van der Waals surface area (Å²) >= 11 is 5.86. The second kappa shape index (κ2) is 3.14. The summed E-state index contributed by atoms with van der Waals surface area (Å²) in [5.74, 6) is 0.824. The Kier molecular flexibility index (Phi) is 2.20. The van der Waals surface area contributed by atoms with Crippen molar-refractivity contribution in [1.82, 2.24) is 0 Å². The van der Waals surface area contributed by atoms with E-state index in [1.807, 2.05) is 26.0 Å². The Hall–Kier alpha value is -0.730. The van der Waals surface area contributed by atoms with Crippen molar-refractivity contribution in [2.24, 2.45) is 0 Å². The highest BCUT2D eigenvalue weighted by Crippen LogP contribution is 2.34. The summed E-state index contributed by atoms with van der Waals surface area (Å²) in [5, 5.41) is 10.5. The zero-order chi connectivity index (χ0) is 10.3. The minimum Gasteiger partial charge on any atom is -0.485 e. The van der Waals surface area contributed by atoms with Crippen LogP contribution in [0.25, 0.3) is 0 Å². The van der Waals surface area contributed by atoms with E-state index in [4.69, 9.17) is 16.3 Å². The second-order valence-corrected chi connectivity index (χ2v) is 4.61. The SMILES string of the molecule is CC1(C)Oc2ccc(Cl)cc2CC1O. The summed E-state index contributed by atoms with van der Waals surface area (Å²) in [6.07, 6.45) is 0.122. The molecule has 14 heavy (non-hydrogen) atoms. The van der Waals surface area contributed by atoms with Gasteiger partial charge in [-0.2, -0.15) is 0 Å². The van der Waals surface area contributed by atoms with Crippen LogP contribution in [0.15, 0.2) is 18.2 Å². The van der Waals surface area contributed by atoms with Crippen LogP contribution in [-0.2, 0) is 6.42 Å². The summed E-state index contributed by atoms with van der Waals surface area (Å²) in [5.41, 5.74) is 0.463. The van der Waals surface area contributed by atoms with E-state index in [0.29, 0.717) is 11.4 Å². The first kappa shape index (κ1) is 9.81. The minimum absolute atomic E-state index is 0.478. The number of halogens is 1. The third-order valence-electron chi connectivity index (χ3n) is 2.61. The van der Waals surface area contributed by atoms with Gasteiger partial charge < -0.3 is 9.84 Å². The van der Waals surface area contributed by atoms with Crippen molar-refractivity contribution in [3.63, 3.8) is 0 Å². The molecule has 2 nitrogen and oxygen atoms in total. The quantitative estimate of drug-likeness (QED) is 0.716. The Morgan fingerprint density at radius 3 is 2.93 bits per heavy atom. The minimum atomic E-state index is -0.513. The average Bonchev–Trinajstić information content (AvgIpc) is 2.08. The number of hydrogen-bond acceptors (Lipinski definition) is 2. The van der Waals surface area contributed by atoms with Gasteiger partial charge in [-0.15, -0.1) is 0 Å². The fourth-order valence-corrected chi connectivity index (χ4v) is 1.81. The summed E-state index contributed by atoms with van der Waals surface area (Å²) in [6.45, 7) is 3.77. The predicted octanol–water partition coefficient (Wildman–Crippen LogP) is 2.41. The zero-order valence-electron chi connectivity index (χ0n) is 8.25. The Balaban J connectivity index is 2.41. The maximum atomic E-state index is 9.81. The van der Waals surface area contributed by atoms with Gasteiger partial charge in [0.15, 0.2) is 0 Å². The fourth-order valence-electron chi connectivity index (χ4n) is 1.61. The van der Waals surface area contributed by atoms with Gasteiger partial charge in [0.25, 0.3) is 0 Å². The lowest BCUT2D eigenvalue weighted by Gasteiger charge is -2.37. The Morgan fingerprint density at radius 2 is 2.21 bits per heavy atom. The maximum absolute atomic E-state index is 9.81. The average molecular weight is 213 g/mol. The normalized spacial score (nSPS) is 23.9. The van der Waals surface area contributed by atoms with Crippen molar-refractivity contribution in [3.05, 3.63) is 28.8 Å². The van der Waals surface area contributed by atoms with Crippen LogP contribution in [0.2, 0.25) is 5.02 Å². The van der Waals surface area contributed by atoms with E-state index in [-0.39, 0.29) is 0 Å². The molecule has 1 unspecified atom stereocenters. The molecule has 1 N–H and O–H groups in total. The molecule has 1 aliphatic rings. The molecule has 0 fully saturated rings. The monoisotopic (exact) mass is 212 g/mol. The molecule has 0 aromatic heterocycles. The van der Waals surface area contributed by atoms with Crippen molar-refractivity contribution < 1.29 is 9.84 Å². The van der Waals surface area contributed by atoms with Gasteiger partial charge in [-0.25, -0.2) is 0 Å². The molecule has 76 valence electrons. The van der Waals surface area contributed by atoms with Crippen LogP contribution in [0.1, 0.15) is 19.4 Å². The van der Waals surface area contributed by atoms with Crippen molar-refractivity contribution in [2.45, 2.75) is 32.0 Å². The lowest BCUT2D eigenvalue weighted by atomic mass is 9.91. The molecule has 0 amide bonds. The molecule has 0 spiro atoms. The number of fused-ring (bicyclic) bond motifs is 1. The highest BCUT2D eigenvalue weighted by atomic mass is 35.5. The van der Waals surface area contributed by atoms with E-state index in [1.165, 1.54) is 0 Å². The molecule has 1 aliphatic heterocycles. The molecular formula is C11H13ClO2. The van der Waals surface area contributed by atoms with Crippen LogP contribution in [0.3, 0.4) is 0 Å². The summed E-state index contributed by atoms with van der Waals surface area (Å²) in [7, 11) is 0. The smallest absolute Gasteiger partial charge is 0.129 e. The number of rotatable bonds is 0. The molecule has 0 saturated carbocycles. The van der Waals surface area contributed by atoms with Gasteiger partial charge in [-0.05, 0) is 37.6 Å². The predicted molar refractivity (Wildman–Crippen MR) is 55.9 cm³/mol. The van der Waals surface area contributed by atoms with E-state index in [1.54, 1.807) is 6.07 Å². The summed E-state index contributed by atoms with van der Waals surface area (Å²) in [4.78, 5) is 0. The number of aliphatic hydroxyl groups excluding tert-OH is 1. The molecule has 0 saturated heterocycles. The first-order valence-corrected chi connectivity index (χ1v) is 5.02. The lowest BCUT2D eigenvalue weighted by molar-refractivity contribution is -0.0411. The molecule has 0 aliphatic carbocycles. The van der Waals surface area contributed by atoms with E-state index in [0.717, 1.165) is 11.3 Å². The van der Waals surface area contributed by atoms with Crippen LogP contribution in [0, 0.1) is 0 Å². The van der Waals surface area contributed by atoms with Crippen LogP contribution >= 0.6 is 11.6 Å². The van der Waals surface area contributed by atoms with Crippen molar-refractivity contribution >= 4 is 11.6 Å². The molecule has 1 heterocycles. The van der Waals surface area contributed by atoms with Crippen molar-refractivity contribution in [1.29, 1.82) is 0 Å². The Morgan fingerprint density at radius 1 is 1.50 bits per heavy atom. The third-order valence-corrected chi connectivity index (χ3v) is 2.85. The number of benzene rings is 1. The molecule has 0 radical (unpaired) electrons. The second-order valence-electron chi connectivity index (χ2n) is 4.18. The van der Waals surface area contributed by atoms with Crippen LogP contribution in [0.5, 0.6) is 5.75 Å². The van der Waals surface area contributed by atoms with Crippen LogP contribution in [-0.4, -0.2) is 16.8 Å². The molecule has 0 bridgehead atoms. The van der Waals surface area contributed by atoms with Gasteiger partial charge in [-0.1, -0.05) is 11.6 Å². The van der Waals surface area contributed by atoms with E-state index in [2.05, 4.69) is 0 Å². The van der Waals surface area contributed by atoms with E-state index >= 15 is 0 Å². The molecule has 1 aromatic rings. The summed E-state index contributed by atoms with van der Waals surface area (Å²) in [6, 6.07) is 5.49. The topological polar surface area (TPSA) is 29.5 Å². The molecule has 1 atom stereocenters. The molecule has 1 aromatic carbocycles.